The van der Waals surface area contributed by atoms with Crippen LogP contribution in [0.25, 0.3) is 0 Å². The molecule has 0 aliphatic rings. The number of hydrogen-bond donors (Lipinski definition) is 1. The number of nitrogens with two attached hydrogens (primary N) is 1. The molecule has 0 aromatic heterocycles. The van der Waals surface area contributed by atoms with Gasteiger partial charge in [0.15, 0.2) is 0 Å². The molecule has 42 valence electrons. The van der Waals surface area contributed by atoms with E-state index >= 15 is 0 Å². The van der Waals surface area contributed by atoms with Gasteiger partial charge in [-0.3, -0.25) is 0 Å². The Morgan fingerprint density at radius 3 is 2.14 bits per heavy atom. The van der Waals surface area contributed by atoms with Crippen molar-refractivity contribution in [2.75, 3.05) is 0 Å². The zero-order valence-corrected chi connectivity index (χ0v) is 3.99. The van der Waals surface area contributed by atoms with Gasteiger partial charge in [-0.2, -0.15) is 8.78 Å². The molecule has 0 aromatic carbocycles. The molecule has 1 unspecified atom stereocenters. The summed E-state index contributed by atoms with van der Waals surface area (Å²) in [6.45, 7) is 1.49. The fraction of sp³-hybridized carbons (Fsp3) is 0.500. The largest absolute Gasteiger partial charge is 0.324 e. The lowest BCUT2D eigenvalue weighted by Crippen LogP contribution is -2.10. The fourth-order valence-electron chi connectivity index (χ4n) is 0.199. The van der Waals surface area contributed by atoms with Crippen molar-refractivity contribution in [3.05, 3.63) is 12.2 Å². The molecule has 0 saturated heterocycles. The highest BCUT2D eigenvalue weighted by Crippen LogP contribution is 1.96. The van der Waals surface area contributed by atoms with Gasteiger partial charge in [-0.15, -0.1) is 0 Å². The lowest BCUT2D eigenvalue weighted by Gasteiger charge is -1.88. The van der Waals surface area contributed by atoms with Crippen LogP contribution in [0.1, 0.15) is 6.92 Å². The molecule has 0 aliphatic carbocycles. The maximum atomic E-state index is 11.1. The van der Waals surface area contributed by atoms with E-state index in [1.54, 1.807) is 0 Å². The minimum atomic E-state index is -1.71. The average Bonchev–Trinajstić information content (AvgIpc) is 1.27. The molecular formula is C4H7F2N. The van der Waals surface area contributed by atoms with Crippen molar-refractivity contribution in [3.63, 3.8) is 0 Å². The smallest absolute Gasteiger partial charge is 0.267 e. The van der Waals surface area contributed by atoms with Gasteiger partial charge >= 0.3 is 0 Å². The van der Waals surface area contributed by atoms with Gasteiger partial charge in [-0.1, -0.05) is 0 Å². The molecule has 3 heteroatoms. The van der Waals surface area contributed by atoms with E-state index in [4.69, 9.17) is 5.73 Å². The van der Waals surface area contributed by atoms with Crippen LogP contribution in [0.3, 0.4) is 0 Å². The minimum Gasteiger partial charge on any atom is -0.324 e. The molecule has 1 nitrogen and oxygen atoms in total. The van der Waals surface area contributed by atoms with E-state index in [9.17, 15) is 8.78 Å². The van der Waals surface area contributed by atoms with Gasteiger partial charge in [-0.25, -0.2) is 0 Å². The lowest BCUT2D eigenvalue weighted by molar-refractivity contribution is 0.416. The Morgan fingerprint density at radius 1 is 1.71 bits per heavy atom. The van der Waals surface area contributed by atoms with Crippen molar-refractivity contribution in [1.82, 2.24) is 0 Å². The van der Waals surface area contributed by atoms with E-state index in [-0.39, 0.29) is 0 Å². The third-order valence-corrected chi connectivity index (χ3v) is 0.389. The van der Waals surface area contributed by atoms with E-state index in [1.165, 1.54) is 6.92 Å². The molecule has 0 bridgehead atoms. The van der Waals surface area contributed by atoms with Crippen molar-refractivity contribution < 1.29 is 8.78 Å². The maximum absolute atomic E-state index is 11.1. The summed E-state index contributed by atoms with van der Waals surface area (Å²) in [7, 11) is 0. The monoisotopic (exact) mass is 107 g/mol. The van der Waals surface area contributed by atoms with E-state index in [0.717, 1.165) is 0 Å². The zero-order chi connectivity index (χ0) is 5.86. The van der Waals surface area contributed by atoms with Crippen molar-refractivity contribution in [2.45, 2.75) is 13.0 Å². The van der Waals surface area contributed by atoms with Crippen LogP contribution in [0.4, 0.5) is 8.78 Å². The van der Waals surface area contributed by atoms with Gasteiger partial charge in [0.05, 0.1) is 0 Å². The standard InChI is InChI=1S/C4H7F2N/c1-3(7)2-4(5)6/h2-3H,7H2,1H3. The lowest BCUT2D eigenvalue weighted by atomic mass is 10.4. The van der Waals surface area contributed by atoms with Crippen molar-refractivity contribution in [3.8, 4) is 0 Å². The highest BCUT2D eigenvalue weighted by atomic mass is 19.3. The van der Waals surface area contributed by atoms with Crippen LogP contribution in [-0.2, 0) is 0 Å². The summed E-state index contributed by atoms with van der Waals surface area (Å²) in [5.74, 6) is 0. The van der Waals surface area contributed by atoms with Crippen LogP contribution >= 0.6 is 0 Å². The number of rotatable bonds is 1. The van der Waals surface area contributed by atoms with Crippen LogP contribution in [0.2, 0.25) is 0 Å². The number of hydrogen-bond acceptors (Lipinski definition) is 1. The highest BCUT2D eigenvalue weighted by molar-refractivity contribution is 4.87. The molecule has 0 saturated carbocycles. The second-order valence-corrected chi connectivity index (χ2v) is 1.32. The molecule has 1 atom stereocenters. The minimum absolute atomic E-state index is 0.537. The van der Waals surface area contributed by atoms with Crippen LogP contribution in [0.15, 0.2) is 12.2 Å². The van der Waals surface area contributed by atoms with Crippen LogP contribution in [0, 0.1) is 0 Å². The normalized spacial score (nSPS) is 13.1. The molecule has 0 amide bonds. The van der Waals surface area contributed by atoms with Gasteiger partial charge in [0, 0.05) is 6.04 Å². The Balaban J connectivity index is 3.45. The molecule has 2 N–H and O–H groups in total. The first-order valence-electron chi connectivity index (χ1n) is 1.91. The SMILES string of the molecule is CC(N)C=C(F)F. The van der Waals surface area contributed by atoms with E-state index < -0.39 is 12.1 Å². The summed E-state index contributed by atoms with van der Waals surface area (Å²) in [6.07, 6.45) is -1.02. The Kier molecular flexibility index (Phi) is 2.52. The summed E-state index contributed by atoms with van der Waals surface area (Å²) >= 11 is 0. The maximum Gasteiger partial charge on any atom is 0.267 e. The van der Waals surface area contributed by atoms with Gasteiger partial charge in [0.25, 0.3) is 6.08 Å². The summed E-state index contributed by atoms with van der Waals surface area (Å²) < 4.78 is 22.1. The summed E-state index contributed by atoms with van der Waals surface area (Å²) in [5.41, 5.74) is 4.94. The van der Waals surface area contributed by atoms with E-state index in [2.05, 4.69) is 0 Å². The Hall–Kier alpha value is -0.440. The highest BCUT2D eigenvalue weighted by Gasteiger charge is 1.89. The Labute approximate surface area is 40.8 Å². The first kappa shape index (κ1) is 6.56. The molecule has 0 fully saturated rings. The molecule has 0 aliphatic heterocycles. The van der Waals surface area contributed by atoms with Crippen molar-refractivity contribution in [1.29, 1.82) is 0 Å². The molecule has 0 radical (unpaired) electrons. The average molecular weight is 107 g/mol. The van der Waals surface area contributed by atoms with Crippen molar-refractivity contribution >= 4 is 0 Å². The summed E-state index contributed by atoms with van der Waals surface area (Å²) in [5, 5.41) is 0. The van der Waals surface area contributed by atoms with Gasteiger partial charge in [0.2, 0.25) is 0 Å². The second kappa shape index (κ2) is 2.69. The van der Waals surface area contributed by atoms with Crippen molar-refractivity contribution in [2.24, 2.45) is 5.73 Å². The van der Waals surface area contributed by atoms with Gasteiger partial charge < -0.3 is 5.73 Å². The topological polar surface area (TPSA) is 26.0 Å². The quantitative estimate of drug-likeness (QED) is 0.533. The summed E-state index contributed by atoms with van der Waals surface area (Å²) in [4.78, 5) is 0. The van der Waals surface area contributed by atoms with Crippen LogP contribution < -0.4 is 5.73 Å². The van der Waals surface area contributed by atoms with Crippen LogP contribution in [0.5, 0.6) is 0 Å². The van der Waals surface area contributed by atoms with E-state index in [1.807, 2.05) is 0 Å². The second-order valence-electron chi connectivity index (χ2n) is 1.32. The first-order chi connectivity index (χ1) is 3.13. The van der Waals surface area contributed by atoms with E-state index in [0.29, 0.717) is 6.08 Å². The predicted molar refractivity (Wildman–Crippen MR) is 23.9 cm³/mol. The molecule has 7 heavy (non-hydrogen) atoms. The number of halogens is 2. The first-order valence-corrected chi connectivity index (χ1v) is 1.91. The molecule has 0 aromatic rings. The predicted octanol–water partition coefficient (Wildman–Crippen LogP) is 1.11. The third kappa shape index (κ3) is 5.56. The molecule has 0 heterocycles. The molecule has 0 spiro atoms. The zero-order valence-electron chi connectivity index (χ0n) is 3.99. The van der Waals surface area contributed by atoms with Crippen LogP contribution in [-0.4, -0.2) is 6.04 Å². The third-order valence-electron chi connectivity index (χ3n) is 0.389. The fourth-order valence-corrected chi connectivity index (χ4v) is 0.199. The summed E-state index contributed by atoms with van der Waals surface area (Å²) in [6, 6.07) is -0.537. The van der Waals surface area contributed by atoms with Gasteiger partial charge in [0.1, 0.15) is 0 Å². The molecular weight excluding hydrogens is 100 g/mol. The molecule has 0 rings (SSSR count). The van der Waals surface area contributed by atoms with Gasteiger partial charge in [-0.05, 0) is 13.0 Å². The Bertz CT molecular complexity index is 73.8. The Morgan fingerprint density at radius 2 is 2.14 bits per heavy atom.